The summed E-state index contributed by atoms with van der Waals surface area (Å²) in [4.78, 5) is 10.9. The Kier molecular flexibility index (Phi) is 9.20. The summed E-state index contributed by atoms with van der Waals surface area (Å²) in [6.07, 6.45) is -1.38. The summed E-state index contributed by atoms with van der Waals surface area (Å²) >= 11 is 0. The average Bonchev–Trinajstić information content (AvgIpc) is 2.37. The van der Waals surface area contributed by atoms with Crippen LogP contribution in [0, 0.1) is 0 Å². The van der Waals surface area contributed by atoms with Crippen molar-refractivity contribution in [1.82, 2.24) is 0 Å². The molecule has 0 rings (SSSR count). The van der Waals surface area contributed by atoms with E-state index in [0.717, 1.165) is 0 Å². The van der Waals surface area contributed by atoms with Gasteiger partial charge in [0, 0.05) is 35.5 Å². The molecule has 0 aromatic heterocycles. The van der Waals surface area contributed by atoms with Gasteiger partial charge in [-0.2, -0.15) is 0 Å². The van der Waals surface area contributed by atoms with E-state index in [1.807, 2.05) is 0 Å². The fourth-order valence-corrected chi connectivity index (χ4v) is 1.68. The summed E-state index contributed by atoms with van der Waals surface area (Å²) in [5, 5.41) is 0. The highest BCUT2D eigenvalue weighted by Gasteiger charge is 2.35. The first-order valence-corrected chi connectivity index (χ1v) is 5.25. The van der Waals surface area contributed by atoms with E-state index >= 15 is 0 Å². The van der Waals surface area contributed by atoms with Crippen molar-refractivity contribution < 1.29 is 28.5 Å². The molecule has 0 aliphatic carbocycles. The van der Waals surface area contributed by atoms with Crippen molar-refractivity contribution in [3.8, 4) is 0 Å². The standard InChI is InChI=1S/C11H22O6/c1-13-7-9(15-3)11(17-5)10(16-4)8(6-12)14-2/h6,8-11H,7H2,1-5H3/t8-,9+,10+,11-/m0/s1. The van der Waals surface area contributed by atoms with Crippen LogP contribution in [0.25, 0.3) is 0 Å². The van der Waals surface area contributed by atoms with Crippen molar-refractivity contribution in [2.75, 3.05) is 42.2 Å². The number of ether oxygens (including phenoxy) is 5. The smallest absolute Gasteiger partial charge is 0.151 e. The third-order valence-corrected chi connectivity index (χ3v) is 2.60. The maximum absolute atomic E-state index is 10.9. The zero-order valence-corrected chi connectivity index (χ0v) is 11.0. The van der Waals surface area contributed by atoms with Gasteiger partial charge >= 0.3 is 0 Å². The van der Waals surface area contributed by atoms with Gasteiger partial charge in [-0.15, -0.1) is 0 Å². The summed E-state index contributed by atoms with van der Waals surface area (Å²) in [5.74, 6) is 0. The number of methoxy groups -OCH3 is 5. The second-order valence-corrected chi connectivity index (χ2v) is 3.47. The average molecular weight is 250 g/mol. The Balaban J connectivity index is 4.81. The maximum Gasteiger partial charge on any atom is 0.151 e. The Bertz CT molecular complexity index is 198. The van der Waals surface area contributed by atoms with E-state index < -0.39 is 18.3 Å². The van der Waals surface area contributed by atoms with Crippen LogP contribution in [0.15, 0.2) is 0 Å². The number of hydrogen-bond donors (Lipinski definition) is 0. The zero-order valence-electron chi connectivity index (χ0n) is 11.0. The SMILES string of the molecule is COC[C@@H](OC)[C@H](OC)[C@H](OC)[C@H](C=O)OC. The summed E-state index contributed by atoms with van der Waals surface area (Å²) < 4.78 is 25.9. The zero-order chi connectivity index (χ0) is 13.3. The molecule has 0 fully saturated rings. The van der Waals surface area contributed by atoms with Crippen LogP contribution in [0.5, 0.6) is 0 Å². The van der Waals surface area contributed by atoms with Crippen molar-refractivity contribution in [3.05, 3.63) is 0 Å². The highest BCUT2D eigenvalue weighted by Crippen LogP contribution is 2.15. The van der Waals surface area contributed by atoms with Crippen LogP contribution in [-0.4, -0.2) is 72.9 Å². The van der Waals surface area contributed by atoms with Crippen molar-refractivity contribution in [3.63, 3.8) is 0 Å². The highest BCUT2D eigenvalue weighted by atomic mass is 16.6. The van der Waals surface area contributed by atoms with Gasteiger partial charge in [-0.25, -0.2) is 0 Å². The van der Waals surface area contributed by atoms with E-state index in [4.69, 9.17) is 23.7 Å². The molecular formula is C11H22O6. The normalized spacial score (nSPS) is 18.4. The van der Waals surface area contributed by atoms with Gasteiger partial charge in [0.15, 0.2) is 6.29 Å². The van der Waals surface area contributed by atoms with Gasteiger partial charge in [-0.3, -0.25) is 0 Å². The molecule has 6 heteroatoms. The minimum Gasteiger partial charge on any atom is -0.382 e. The molecule has 0 spiro atoms. The predicted molar refractivity (Wildman–Crippen MR) is 61.1 cm³/mol. The van der Waals surface area contributed by atoms with Gasteiger partial charge in [0.1, 0.15) is 24.4 Å². The molecular weight excluding hydrogens is 228 g/mol. The molecule has 0 saturated heterocycles. The van der Waals surface area contributed by atoms with Gasteiger partial charge in [-0.05, 0) is 0 Å². The lowest BCUT2D eigenvalue weighted by Crippen LogP contribution is -2.50. The van der Waals surface area contributed by atoms with Gasteiger partial charge in [0.2, 0.25) is 0 Å². The van der Waals surface area contributed by atoms with Crippen LogP contribution in [-0.2, 0) is 28.5 Å². The number of carbonyl (C=O) groups excluding carboxylic acids is 1. The topological polar surface area (TPSA) is 63.2 Å². The molecule has 0 aliphatic heterocycles. The first-order chi connectivity index (χ1) is 8.19. The largest absolute Gasteiger partial charge is 0.382 e. The maximum atomic E-state index is 10.9. The molecule has 6 nitrogen and oxygen atoms in total. The van der Waals surface area contributed by atoms with Crippen LogP contribution in [0.2, 0.25) is 0 Å². The molecule has 0 aliphatic rings. The fourth-order valence-electron chi connectivity index (χ4n) is 1.68. The quantitative estimate of drug-likeness (QED) is 0.504. The molecule has 102 valence electrons. The van der Waals surface area contributed by atoms with Crippen LogP contribution in [0.3, 0.4) is 0 Å². The fraction of sp³-hybridized carbons (Fsp3) is 0.909. The summed E-state index contributed by atoms with van der Waals surface area (Å²) in [6, 6.07) is 0. The number of carbonyl (C=O) groups is 1. The van der Waals surface area contributed by atoms with Crippen LogP contribution < -0.4 is 0 Å². The summed E-state index contributed by atoms with van der Waals surface area (Å²) in [6.45, 7) is 0.337. The van der Waals surface area contributed by atoms with E-state index in [1.165, 1.54) is 21.3 Å². The van der Waals surface area contributed by atoms with Crippen molar-refractivity contribution in [2.24, 2.45) is 0 Å². The molecule has 0 heterocycles. The Labute approximate surface area is 102 Å². The minimum atomic E-state index is -0.709. The number of aldehydes is 1. The van der Waals surface area contributed by atoms with Crippen LogP contribution >= 0.6 is 0 Å². The molecule has 0 saturated carbocycles. The molecule has 4 atom stereocenters. The summed E-state index contributed by atoms with van der Waals surface area (Å²) in [7, 11) is 7.57. The highest BCUT2D eigenvalue weighted by molar-refractivity contribution is 5.57. The molecule has 0 amide bonds. The van der Waals surface area contributed by atoms with Gasteiger partial charge in [0.25, 0.3) is 0 Å². The molecule has 0 aromatic rings. The van der Waals surface area contributed by atoms with Crippen molar-refractivity contribution >= 4 is 6.29 Å². The Hall–Kier alpha value is -0.530. The third-order valence-electron chi connectivity index (χ3n) is 2.60. The predicted octanol–water partition coefficient (Wildman–Crippen LogP) is -0.108. The van der Waals surface area contributed by atoms with E-state index in [9.17, 15) is 4.79 Å². The van der Waals surface area contributed by atoms with Gasteiger partial charge < -0.3 is 28.5 Å². The lowest BCUT2D eigenvalue weighted by Gasteiger charge is -2.32. The van der Waals surface area contributed by atoms with E-state index in [2.05, 4.69) is 0 Å². The van der Waals surface area contributed by atoms with Crippen molar-refractivity contribution in [2.45, 2.75) is 24.4 Å². The number of rotatable bonds is 10. The van der Waals surface area contributed by atoms with Gasteiger partial charge in [0.05, 0.1) is 6.61 Å². The van der Waals surface area contributed by atoms with E-state index in [1.54, 1.807) is 14.2 Å². The van der Waals surface area contributed by atoms with E-state index in [-0.39, 0.29) is 6.10 Å². The molecule has 0 radical (unpaired) electrons. The van der Waals surface area contributed by atoms with E-state index in [0.29, 0.717) is 12.9 Å². The lowest BCUT2D eigenvalue weighted by molar-refractivity contribution is -0.161. The monoisotopic (exact) mass is 250 g/mol. The summed E-state index contributed by atoms with van der Waals surface area (Å²) in [5.41, 5.74) is 0. The first-order valence-electron chi connectivity index (χ1n) is 5.25. The molecule has 0 N–H and O–H groups in total. The second kappa shape index (κ2) is 9.49. The Morgan fingerprint density at radius 2 is 1.47 bits per heavy atom. The van der Waals surface area contributed by atoms with Crippen molar-refractivity contribution in [1.29, 1.82) is 0 Å². The molecule has 0 bridgehead atoms. The Morgan fingerprint density at radius 3 is 1.76 bits per heavy atom. The van der Waals surface area contributed by atoms with Crippen LogP contribution in [0.4, 0.5) is 0 Å². The first kappa shape index (κ1) is 16.5. The lowest BCUT2D eigenvalue weighted by atomic mass is 10.0. The molecule has 17 heavy (non-hydrogen) atoms. The van der Waals surface area contributed by atoms with Gasteiger partial charge in [-0.1, -0.05) is 0 Å². The molecule has 0 aromatic carbocycles. The second-order valence-electron chi connectivity index (χ2n) is 3.47. The third kappa shape index (κ3) is 4.69. The minimum absolute atomic E-state index is 0.337. The van der Waals surface area contributed by atoms with Crippen LogP contribution in [0.1, 0.15) is 0 Å². The Morgan fingerprint density at radius 1 is 0.882 bits per heavy atom. The molecule has 0 unspecified atom stereocenters. The number of hydrogen-bond acceptors (Lipinski definition) is 6.